The molecule has 1 unspecified atom stereocenters. The first-order valence-electron chi connectivity index (χ1n) is 10.1. The third-order valence-corrected chi connectivity index (χ3v) is 5.78. The Morgan fingerprint density at radius 1 is 1.10 bits per heavy atom. The molecule has 2 aromatic carbocycles. The first-order valence-corrected chi connectivity index (χ1v) is 10.1. The lowest BCUT2D eigenvalue weighted by Gasteiger charge is -2.38. The highest BCUT2D eigenvalue weighted by Gasteiger charge is 2.26. The Morgan fingerprint density at radius 3 is 2.55 bits per heavy atom. The molecule has 0 saturated heterocycles. The second-order valence-corrected chi connectivity index (χ2v) is 7.96. The van der Waals surface area contributed by atoms with Crippen LogP contribution in [0.3, 0.4) is 0 Å². The van der Waals surface area contributed by atoms with Crippen molar-refractivity contribution in [2.24, 2.45) is 5.92 Å². The van der Waals surface area contributed by atoms with E-state index in [1.807, 2.05) is 6.07 Å². The van der Waals surface area contributed by atoms with Crippen LogP contribution < -0.4 is 10.9 Å². The maximum Gasteiger partial charge on any atom is 0.272 e. The molecule has 0 aliphatic carbocycles. The van der Waals surface area contributed by atoms with Gasteiger partial charge in [-0.15, -0.1) is 0 Å². The predicted molar refractivity (Wildman–Crippen MR) is 114 cm³/mol. The van der Waals surface area contributed by atoms with E-state index in [0.29, 0.717) is 23.2 Å². The van der Waals surface area contributed by atoms with Crippen molar-refractivity contribution in [3.05, 3.63) is 75.7 Å². The van der Waals surface area contributed by atoms with Crippen molar-refractivity contribution in [2.45, 2.75) is 32.9 Å². The van der Waals surface area contributed by atoms with E-state index in [4.69, 9.17) is 0 Å². The summed E-state index contributed by atoms with van der Waals surface area (Å²) in [4.78, 5) is 27.3. The molecule has 3 aromatic rings. The molecule has 150 valence electrons. The van der Waals surface area contributed by atoms with E-state index in [-0.39, 0.29) is 23.2 Å². The standard InChI is InChI=1S/C23H26N4O2/c1-15(2)20(27-12-11-16-7-3-4-8-17(16)14-27)13-24-23(29)21-18-9-5-6-10-19(18)22(28)26-25-21/h3-10,15,20H,11-14H2,1-2H3,(H,24,29)(H,26,28). The van der Waals surface area contributed by atoms with E-state index in [1.165, 1.54) is 11.1 Å². The Kier molecular flexibility index (Phi) is 5.45. The maximum atomic E-state index is 12.9. The van der Waals surface area contributed by atoms with Gasteiger partial charge < -0.3 is 5.32 Å². The van der Waals surface area contributed by atoms with Gasteiger partial charge in [-0.3, -0.25) is 14.5 Å². The van der Waals surface area contributed by atoms with Crippen LogP contribution in [0.15, 0.2) is 53.3 Å². The van der Waals surface area contributed by atoms with Gasteiger partial charge in [-0.1, -0.05) is 56.3 Å². The average Bonchev–Trinajstić information content (AvgIpc) is 2.74. The lowest BCUT2D eigenvalue weighted by molar-refractivity contribution is 0.0900. The lowest BCUT2D eigenvalue weighted by atomic mass is 9.95. The van der Waals surface area contributed by atoms with Gasteiger partial charge in [0.2, 0.25) is 0 Å². The maximum absolute atomic E-state index is 12.9. The van der Waals surface area contributed by atoms with E-state index < -0.39 is 0 Å². The summed E-state index contributed by atoms with van der Waals surface area (Å²) in [6.45, 7) is 6.79. The third kappa shape index (κ3) is 3.93. The molecule has 1 aliphatic rings. The number of amides is 1. The van der Waals surface area contributed by atoms with Crippen LogP contribution in [0.4, 0.5) is 0 Å². The van der Waals surface area contributed by atoms with Crippen molar-refractivity contribution in [3.63, 3.8) is 0 Å². The van der Waals surface area contributed by atoms with Crippen LogP contribution >= 0.6 is 0 Å². The Bertz CT molecular complexity index is 1090. The molecule has 1 amide bonds. The minimum Gasteiger partial charge on any atom is -0.349 e. The fraction of sp³-hybridized carbons (Fsp3) is 0.348. The van der Waals surface area contributed by atoms with Crippen molar-refractivity contribution >= 4 is 16.7 Å². The van der Waals surface area contributed by atoms with Crippen LogP contribution in [0.2, 0.25) is 0 Å². The zero-order chi connectivity index (χ0) is 20.4. The van der Waals surface area contributed by atoms with Crippen LogP contribution in [-0.4, -0.2) is 40.1 Å². The Labute approximate surface area is 169 Å². The highest BCUT2D eigenvalue weighted by Crippen LogP contribution is 2.23. The molecule has 0 fully saturated rings. The van der Waals surface area contributed by atoms with Crippen LogP contribution in [-0.2, 0) is 13.0 Å². The molecule has 6 nitrogen and oxygen atoms in total. The third-order valence-electron chi connectivity index (χ3n) is 5.78. The number of fused-ring (bicyclic) bond motifs is 2. The highest BCUT2D eigenvalue weighted by atomic mass is 16.2. The van der Waals surface area contributed by atoms with E-state index >= 15 is 0 Å². The smallest absolute Gasteiger partial charge is 0.272 e. The molecular weight excluding hydrogens is 364 g/mol. The molecule has 6 heteroatoms. The van der Waals surface area contributed by atoms with E-state index in [0.717, 1.165) is 19.5 Å². The number of hydrogen-bond donors (Lipinski definition) is 2. The molecule has 0 spiro atoms. The minimum atomic E-state index is -0.288. The number of aromatic amines is 1. The molecule has 0 bridgehead atoms. The van der Waals surface area contributed by atoms with Crippen molar-refractivity contribution in [1.29, 1.82) is 0 Å². The van der Waals surface area contributed by atoms with Crippen LogP contribution in [0.1, 0.15) is 35.5 Å². The summed E-state index contributed by atoms with van der Waals surface area (Å²) < 4.78 is 0. The summed E-state index contributed by atoms with van der Waals surface area (Å²) >= 11 is 0. The second kappa shape index (κ2) is 8.17. The second-order valence-electron chi connectivity index (χ2n) is 7.96. The summed E-state index contributed by atoms with van der Waals surface area (Å²) in [7, 11) is 0. The number of carbonyl (C=O) groups excluding carboxylic acids is 1. The summed E-state index contributed by atoms with van der Waals surface area (Å²) in [6, 6.07) is 15.8. The molecule has 1 atom stereocenters. The van der Waals surface area contributed by atoms with Gasteiger partial charge in [0.25, 0.3) is 11.5 Å². The Hall–Kier alpha value is -2.99. The summed E-state index contributed by atoms with van der Waals surface area (Å²) in [5, 5.41) is 10.5. The zero-order valence-corrected chi connectivity index (χ0v) is 16.8. The van der Waals surface area contributed by atoms with Crippen molar-refractivity contribution in [1.82, 2.24) is 20.4 Å². The zero-order valence-electron chi connectivity index (χ0n) is 16.8. The number of H-pyrrole nitrogens is 1. The predicted octanol–water partition coefficient (Wildman–Crippen LogP) is 2.74. The molecule has 1 aromatic heterocycles. The van der Waals surface area contributed by atoms with Crippen LogP contribution in [0, 0.1) is 5.92 Å². The van der Waals surface area contributed by atoms with Gasteiger partial charge in [0.1, 0.15) is 0 Å². The normalized spacial score (nSPS) is 15.3. The van der Waals surface area contributed by atoms with Gasteiger partial charge in [0.05, 0.1) is 5.39 Å². The molecule has 29 heavy (non-hydrogen) atoms. The van der Waals surface area contributed by atoms with Gasteiger partial charge in [0.15, 0.2) is 5.69 Å². The molecule has 0 saturated carbocycles. The quantitative estimate of drug-likeness (QED) is 0.702. The molecular formula is C23H26N4O2. The number of aromatic nitrogens is 2. The average molecular weight is 390 g/mol. The summed E-state index contributed by atoms with van der Waals surface area (Å²) in [5.74, 6) is 0.126. The summed E-state index contributed by atoms with van der Waals surface area (Å²) in [6.07, 6.45) is 1.03. The van der Waals surface area contributed by atoms with Crippen LogP contribution in [0.25, 0.3) is 10.8 Å². The first-order chi connectivity index (χ1) is 14.0. The summed E-state index contributed by atoms with van der Waals surface area (Å²) in [5.41, 5.74) is 2.75. The van der Waals surface area contributed by atoms with E-state index in [2.05, 4.69) is 58.5 Å². The Morgan fingerprint density at radius 2 is 1.79 bits per heavy atom. The van der Waals surface area contributed by atoms with Gasteiger partial charge in [0, 0.05) is 31.1 Å². The van der Waals surface area contributed by atoms with Crippen LogP contribution in [0.5, 0.6) is 0 Å². The number of benzene rings is 2. The van der Waals surface area contributed by atoms with Gasteiger partial charge in [-0.05, 0) is 29.5 Å². The van der Waals surface area contributed by atoms with Crippen molar-refractivity contribution < 1.29 is 4.79 Å². The van der Waals surface area contributed by atoms with E-state index in [1.54, 1.807) is 18.2 Å². The molecule has 4 rings (SSSR count). The van der Waals surface area contributed by atoms with Gasteiger partial charge >= 0.3 is 0 Å². The lowest BCUT2D eigenvalue weighted by Crippen LogP contribution is -2.48. The number of carbonyl (C=O) groups is 1. The topological polar surface area (TPSA) is 78.1 Å². The molecule has 2 heterocycles. The monoisotopic (exact) mass is 390 g/mol. The highest BCUT2D eigenvalue weighted by molar-refractivity contribution is 6.04. The van der Waals surface area contributed by atoms with Crippen molar-refractivity contribution in [3.8, 4) is 0 Å². The number of rotatable bonds is 5. The number of nitrogens with one attached hydrogen (secondary N) is 2. The fourth-order valence-electron chi connectivity index (χ4n) is 4.16. The fourth-order valence-corrected chi connectivity index (χ4v) is 4.16. The number of hydrogen-bond acceptors (Lipinski definition) is 4. The molecule has 0 radical (unpaired) electrons. The SMILES string of the molecule is CC(C)C(CNC(=O)c1n[nH]c(=O)c2ccccc12)N1CCc2ccccc2C1. The minimum absolute atomic E-state index is 0.223. The molecule has 2 N–H and O–H groups in total. The van der Waals surface area contributed by atoms with E-state index in [9.17, 15) is 9.59 Å². The largest absolute Gasteiger partial charge is 0.349 e. The Balaban J connectivity index is 1.50. The van der Waals surface area contributed by atoms with Gasteiger partial charge in [-0.2, -0.15) is 5.10 Å². The molecule has 1 aliphatic heterocycles. The first kappa shape index (κ1) is 19.3. The van der Waals surface area contributed by atoms with Gasteiger partial charge in [-0.25, -0.2) is 5.10 Å². The number of nitrogens with zero attached hydrogens (tertiary/aromatic N) is 2. The van der Waals surface area contributed by atoms with Crippen molar-refractivity contribution in [2.75, 3.05) is 13.1 Å².